The van der Waals surface area contributed by atoms with Crippen LogP contribution in [0.15, 0.2) is 0 Å². The lowest BCUT2D eigenvalue weighted by Gasteiger charge is -2.10. The Morgan fingerprint density at radius 3 is 1.44 bits per heavy atom. The Morgan fingerprint density at radius 1 is 0.556 bits per heavy atom. The van der Waals surface area contributed by atoms with Crippen molar-refractivity contribution >= 4 is 0 Å². The standard InChI is InChI=1S/C25H51O2/c1-4-5-6-7-8-9-10-14-17-20-23-27-25(26)22-19-16-13-11-12-15-18-21-24(2)3/h24-25H,4-23H2,1-3H3. The topological polar surface area (TPSA) is 29.1 Å². The summed E-state index contributed by atoms with van der Waals surface area (Å²) in [5.74, 6) is 0.847. The zero-order chi connectivity index (χ0) is 20.0. The first-order valence-corrected chi connectivity index (χ1v) is 12.4. The molecule has 0 aromatic heterocycles. The van der Waals surface area contributed by atoms with Gasteiger partial charge in [0, 0.05) is 13.0 Å². The van der Waals surface area contributed by atoms with Gasteiger partial charge in [-0.3, -0.25) is 0 Å². The van der Waals surface area contributed by atoms with E-state index >= 15 is 0 Å². The largest absolute Gasteiger partial charge is 0.350 e. The summed E-state index contributed by atoms with van der Waals surface area (Å²) in [6.07, 6.45) is 23.5. The Balaban J connectivity index is 3.14. The van der Waals surface area contributed by atoms with E-state index in [1.165, 1.54) is 103 Å². The van der Waals surface area contributed by atoms with Crippen LogP contribution in [0.2, 0.25) is 0 Å². The average Bonchev–Trinajstić information content (AvgIpc) is 2.64. The maximum Gasteiger partial charge on any atom is 0.191 e. The van der Waals surface area contributed by atoms with Crippen LogP contribution in [0.5, 0.6) is 0 Å². The van der Waals surface area contributed by atoms with Gasteiger partial charge in [-0.1, -0.05) is 124 Å². The van der Waals surface area contributed by atoms with E-state index in [0.717, 1.165) is 18.8 Å². The molecule has 0 aliphatic heterocycles. The lowest BCUT2D eigenvalue weighted by atomic mass is 10.0. The van der Waals surface area contributed by atoms with Crippen LogP contribution in [0, 0.1) is 5.92 Å². The van der Waals surface area contributed by atoms with Crippen LogP contribution in [-0.2, 0) is 9.84 Å². The third-order valence-corrected chi connectivity index (χ3v) is 5.52. The highest BCUT2D eigenvalue weighted by Crippen LogP contribution is 2.14. The molecule has 0 fully saturated rings. The first kappa shape index (κ1) is 26.9. The molecule has 0 heterocycles. The van der Waals surface area contributed by atoms with E-state index in [1.807, 2.05) is 0 Å². The molecule has 0 bridgehead atoms. The summed E-state index contributed by atoms with van der Waals surface area (Å²) in [5.41, 5.74) is 0. The van der Waals surface area contributed by atoms with E-state index in [-0.39, 0.29) is 0 Å². The fraction of sp³-hybridized carbons (Fsp3) is 1.00. The van der Waals surface area contributed by atoms with Crippen molar-refractivity contribution in [1.29, 1.82) is 0 Å². The highest BCUT2D eigenvalue weighted by molar-refractivity contribution is 4.51. The predicted molar refractivity (Wildman–Crippen MR) is 119 cm³/mol. The summed E-state index contributed by atoms with van der Waals surface area (Å²) in [6.45, 7) is 7.54. The first-order chi connectivity index (χ1) is 13.2. The molecule has 163 valence electrons. The van der Waals surface area contributed by atoms with Gasteiger partial charge in [-0.2, -0.15) is 0 Å². The van der Waals surface area contributed by atoms with Gasteiger partial charge in [0.2, 0.25) is 0 Å². The molecule has 0 aliphatic rings. The molecule has 0 aromatic rings. The maximum absolute atomic E-state index is 11.8. The minimum Gasteiger partial charge on any atom is -0.350 e. The highest BCUT2D eigenvalue weighted by Gasteiger charge is 2.05. The minimum atomic E-state index is -0.783. The van der Waals surface area contributed by atoms with Crippen LogP contribution >= 0.6 is 0 Å². The molecular formula is C25H51O2. The molecule has 0 aliphatic carbocycles. The third-order valence-electron chi connectivity index (χ3n) is 5.52. The Labute approximate surface area is 171 Å². The van der Waals surface area contributed by atoms with Crippen LogP contribution in [0.25, 0.3) is 0 Å². The van der Waals surface area contributed by atoms with Gasteiger partial charge < -0.3 is 4.74 Å². The molecule has 0 saturated carbocycles. The highest BCUT2D eigenvalue weighted by atomic mass is 16.6. The van der Waals surface area contributed by atoms with E-state index in [9.17, 15) is 5.11 Å². The molecule has 1 radical (unpaired) electrons. The van der Waals surface area contributed by atoms with Crippen molar-refractivity contribution in [3.05, 3.63) is 0 Å². The van der Waals surface area contributed by atoms with Gasteiger partial charge in [0.05, 0.1) is 0 Å². The summed E-state index contributed by atoms with van der Waals surface area (Å²) in [6, 6.07) is 0. The van der Waals surface area contributed by atoms with Gasteiger partial charge in [0.1, 0.15) is 0 Å². The minimum absolute atomic E-state index is 0.667. The average molecular weight is 384 g/mol. The van der Waals surface area contributed by atoms with Crippen molar-refractivity contribution in [1.82, 2.24) is 0 Å². The van der Waals surface area contributed by atoms with E-state index in [0.29, 0.717) is 13.0 Å². The van der Waals surface area contributed by atoms with Gasteiger partial charge in [-0.05, 0) is 18.8 Å². The second kappa shape index (κ2) is 22.2. The molecular weight excluding hydrogens is 332 g/mol. The van der Waals surface area contributed by atoms with Crippen LogP contribution < -0.4 is 0 Å². The number of ether oxygens (including phenoxy) is 1. The Kier molecular flexibility index (Phi) is 22.1. The Hall–Kier alpha value is -0.0800. The van der Waals surface area contributed by atoms with Gasteiger partial charge in [0.15, 0.2) is 6.29 Å². The summed E-state index contributed by atoms with van der Waals surface area (Å²) < 4.78 is 5.44. The Morgan fingerprint density at radius 2 is 0.963 bits per heavy atom. The second-order valence-electron chi connectivity index (χ2n) is 8.93. The molecule has 0 aromatic carbocycles. The van der Waals surface area contributed by atoms with E-state index < -0.39 is 6.29 Å². The van der Waals surface area contributed by atoms with Crippen LogP contribution in [0.4, 0.5) is 0 Å². The zero-order valence-electron chi connectivity index (χ0n) is 19.1. The molecule has 2 heteroatoms. The molecule has 0 amide bonds. The normalized spacial score (nSPS) is 12.8. The number of hydrogen-bond acceptors (Lipinski definition) is 1. The van der Waals surface area contributed by atoms with Gasteiger partial charge in [-0.25, -0.2) is 5.11 Å². The second-order valence-corrected chi connectivity index (χ2v) is 8.93. The summed E-state index contributed by atoms with van der Waals surface area (Å²) in [7, 11) is 0. The smallest absolute Gasteiger partial charge is 0.191 e. The molecule has 2 nitrogen and oxygen atoms in total. The molecule has 0 rings (SSSR count). The molecule has 0 spiro atoms. The number of hydrogen-bond donors (Lipinski definition) is 0. The Bertz CT molecular complexity index is 265. The lowest BCUT2D eigenvalue weighted by molar-refractivity contribution is -0.144. The quantitative estimate of drug-likeness (QED) is 0.135. The van der Waals surface area contributed by atoms with Gasteiger partial charge in [-0.15, -0.1) is 0 Å². The molecule has 0 saturated heterocycles. The van der Waals surface area contributed by atoms with Crippen molar-refractivity contribution in [2.45, 2.75) is 149 Å². The number of unbranched alkanes of at least 4 members (excludes halogenated alkanes) is 15. The summed E-state index contributed by atoms with van der Waals surface area (Å²) in [4.78, 5) is 0. The summed E-state index contributed by atoms with van der Waals surface area (Å²) in [5, 5.41) is 11.8. The van der Waals surface area contributed by atoms with Crippen LogP contribution in [-0.4, -0.2) is 12.9 Å². The van der Waals surface area contributed by atoms with E-state index in [1.54, 1.807) is 0 Å². The molecule has 0 N–H and O–H groups in total. The SMILES string of the molecule is CCCCCCCCCCCCOC([O])CCCCCCCCCC(C)C. The van der Waals surface area contributed by atoms with Crippen LogP contribution in [0.3, 0.4) is 0 Å². The fourth-order valence-corrected chi connectivity index (χ4v) is 3.64. The molecule has 27 heavy (non-hydrogen) atoms. The maximum atomic E-state index is 11.8. The van der Waals surface area contributed by atoms with Crippen molar-refractivity contribution in [2.24, 2.45) is 5.92 Å². The first-order valence-electron chi connectivity index (χ1n) is 12.4. The van der Waals surface area contributed by atoms with E-state index in [4.69, 9.17) is 4.74 Å². The van der Waals surface area contributed by atoms with Crippen LogP contribution in [0.1, 0.15) is 143 Å². The van der Waals surface area contributed by atoms with E-state index in [2.05, 4.69) is 20.8 Å². The van der Waals surface area contributed by atoms with Crippen molar-refractivity contribution < 1.29 is 9.84 Å². The molecule has 1 unspecified atom stereocenters. The molecule has 1 atom stereocenters. The lowest BCUT2D eigenvalue weighted by Crippen LogP contribution is -2.11. The fourth-order valence-electron chi connectivity index (χ4n) is 3.64. The van der Waals surface area contributed by atoms with Crippen molar-refractivity contribution in [2.75, 3.05) is 6.61 Å². The summed E-state index contributed by atoms with van der Waals surface area (Å²) >= 11 is 0. The number of rotatable bonds is 22. The predicted octanol–water partition coefficient (Wildman–Crippen LogP) is 8.85. The van der Waals surface area contributed by atoms with Gasteiger partial charge in [0.25, 0.3) is 0 Å². The third kappa shape index (κ3) is 23.9. The monoisotopic (exact) mass is 383 g/mol. The zero-order valence-corrected chi connectivity index (χ0v) is 19.1. The van der Waals surface area contributed by atoms with Crippen molar-refractivity contribution in [3.8, 4) is 0 Å². The van der Waals surface area contributed by atoms with Crippen molar-refractivity contribution in [3.63, 3.8) is 0 Å². The van der Waals surface area contributed by atoms with Gasteiger partial charge >= 0.3 is 0 Å².